The lowest BCUT2D eigenvalue weighted by Gasteiger charge is -2.22. The Kier molecular flexibility index (Phi) is 8.32. The standard InChI is InChI=1S/C15H20ClNO5/c1-21-15(20)7-9-17(8-2-10-18)14(19)11-22-13-5-3-12(16)4-6-13/h3-6,18H,2,7-11H2,1H3. The number of carbonyl (C=O) groups excluding carboxylic acids is 2. The van der Waals surface area contributed by atoms with Gasteiger partial charge in [-0.3, -0.25) is 9.59 Å². The first-order valence-electron chi connectivity index (χ1n) is 6.90. The SMILES string of the molecule is COC(=O)CCN(CCCO)C(=O)COc1ccc(Cl)cc1. The van der Waals surface area contributed by atoms with E-state index in [1.807, 2.05) is 0 Å². The summed E-state index contributed by atoms with van der Waals surface area (Å²) < 4.78 is 9.94. The van der Waals surface area contributed by atoms with Crippen molar-refractivity contribution in [3.8, 4) is 5.75 Å². The van der Waals surface area contributed by atoms with Crippen LogP contribution < -0.4 is 4.74 Å². The summed E-state index contributed by atoms with van der Waals surface area (Å²) in [6.45, 7) is 0.417. The van der Waals surface area contributed by atoms with Gasteiger partial charge in [0.1, 0.15) is 5.75 Å². The Bertz CT molecular complexity index is 477. The van der Waals surface area contributed by atoms with Gasteiger partial charge in [-0.2, -0.15) is 0 Å². The molecule has 7 heteroatoms. The minimum Gasteiger partial charge on any atom is -0.484 e. The number of aliphatic hydroxyl groups excluding tert-OH is 1. The number of carbonyl (C=O) groups is 2. The predicted molar refractivity (Wildman–Crippen MR) is 81.9 cm³/mol. The molecule has 22 heavy (non-hydrogen) atoms. The van der Waals surface area contributed by atoms with Crippen molar-refractivity contribution in [2.75, 3.05) is 33.4 Å². The van der Waals surface area contributed by atoms with Crippen LogP contribution in [0.1, 0.15) is 12.8 Å². The molecule has 1 aromatic carbocycles. The van der Waals surface area contributed by atoms with Crippen LogP contribution in [0.2, 0.25) is 5.02 Å². The van der Waals surface area contributed by atoms with E-state index in [9.17, 15) is 9.59 Å². The van der Waals surface area contributed by atoms with Gasteiger partial charge in [-0.1, -0.05) is 11.6 Å². The zero-order valence-electron chi connectivity index (χ0n) is 12.5. The van der Waals surface area contributed by atoms with E-state index in [2.05, 4.69) is 4.74 Å². The minimum atomic E-state index is -0.389. The average molecular weight is 330 g/mol. The van der Waals surface area contributed by atoms with Crippen LogP contribution in [-0.4, -0.2) is 55.3 Å². The first-order valence-corrected chi connectivity index (χ1v) is 7.28. The zero-order valence-corrected chi connectivity index (χ0v) is 13.2. The van der Waals surface area contributed by atoms with Crippen LogP contribution in [0.4, 0.5) is 0 Å². The maximum absolute atomic E-state index is 12.1. The second-order valence-electron chi connectivity index (χ2n) is 4.53. The third kappa shape index (κ3) is 6.78. The summed E-state index contributed by atoms with van der Waals surface area (Å²) in [6.07, 6.45) is 0.544. The molecule has 0 radical (unpaired) electrons. The Hall–Kier alpha value is -1.79. The van der Waals surface area contributed by atoms with E-state index in [1.165, 1.54) is 12.0 Å². The van der Waals surface area contributed by atoms with Gasteiger partial charge >= 0.3 is 5.97 Å². The van der Waals surface area contributed by atoms with Crippen molar-refractivity contribution in [1.82, 2.24) is 4.90 Å². The number of methoxy groups -OCH3 is 1. The molecule has 0 aliphatic heterocycles. The van der Waals surface area contributed by atoms with E-state index in [-0.39, 0.29) is 38.1 Å². The van der Waals surface area contributed by atoms with Crippen molar-refractivity contribution < 1.29 is 24.2 Å². The van der Waals surface area contributed by atoms with Crippen LogP contribution in [0.15, 0.2) is 24.3 Å². The highest BCUT2D eigenvalue weighted by Crippen LogP contribution is 2.15. The molecule has 1 amide bonds. The second kappa shape index (κ2) is 10.0. The topological polar surface area (TPSA) is 76.1 Å². The van der Waals surface area contributed by atoms with Crippen molar-refractivity contribution in [1.29, 1.82) is 0 Å². The predicted octanol–water partition coefficient (Wildman–Crippen LogP) is 1.49. The third-order valence-corrected chi connectivity index (χ3v) is 3.18. The number of nitrogens with zero attached hydrogens (tertiary/aromatic N) is 1. The molecule has 1 rings (SSSR count). The molecule has 6 nitrogen and oxygen atoms in total. The van der Waals surface area contributed by atoms with Gasteiger partial charge in [0.05, 0.1) is 13.5 Å². The second-order valence-corrected chi connectivity index (χ2v) is 4.96. The minimum absolute atomic E-state index is 0.0277. The molecule has 0 spiro atoms. The molecule has 0 aliphatic rings. The van der Waals surface area contributed by atoms with Gasteiger partial charge in [0, 0.05) is 24.7 Å². The Morgan fingerprint density at radius 2 is 1.91 bits per heavy atom. The van der Waals surface area contributed by atoms with Gasteiger partial charge in [-0.15, -0.1) is 0 Å². The fourth-order valence-electron chi connectivity index (χ4n) is 1.72. The highest BCUT2D eigenvalue weighted by molar-refractivity contribution is 6.30. The van der Waals surface area contributed by atoms with Gasteiger partial charge in [0.15, 0.2) is 6.61 Å². The number of benzene rings is 1. The van der Waals surface area contributed by atoms with Crippen molar-refractivity contribution in [2.24, 2.45) is 0 Å². The molecule has 0 atom stereocenters. The van der Waals surface area contributed by atoms with Crippen LogP contribution in [0, 0.1) is 0 Å². The lowest BCUT2D eigenvalue weighted by Crippen LogP contribution is -2.37. The summed E-state index contributed by atoms with van der Waals surface area (Å²) in [5.74, 6) is -0.111. The van der Waals surface area contributed by atoms with Crippen molar-refractivity contribution >= 4 is 23.5 Å². The molecule has 0 fully saturated rings. The molecule has 122 valence electrons. The van der Waals surface area contributed by atoms with E-state index in [1.54, 1.807) is 24.3 Å². The molecule has 0 unspecified atom stereocenters. The van der Waals surface area contributed by atoms with E-state index in [4.69, 9.17) is 21.4 Å². The van der Waals surface area contributed by atoms with Crippen molar-refractivity contribution in [3.05, 3.63) is 29.3 Å². The average Bonchev–Trinajstić information content (AvgIpc) is 2.53. The maximum atomic E-state index is 12.1. The summed E-state index contributed by atoms with van der Waals surface area (Å²) in [5, 5.41) is 9.47. The summed E-state index contributed by atoms with van der Waals surface area (Å²) in [7, 11) is 1.30. The normalized spacial score (nSPS) is 10.1. The number of halogens is 1. The fourth-order valence-corrected chi connectivity index (χ4v) is 1.84. The Balaban J connectivity index is 2.50. The number of ether oxygens (including phenoxy) is 2. The number of amides is 1. The zero-order chi connectivity index (χ0) is 16.4. The molecule has 0 aromatic heterocycles. The molecular weight excluding hydrogens is 310 g/mol. The quantitative estimate of drug-likeness (QED) is 0.695. The molecular formula is C15H20ClNO5. The largest absolute Gasteiger partial charge is 0.484 e. The Morgan fingerprint density at radius 1 is 1.23 bits per heavy atom. The van der Waals surface area contributed by atoms with Gasteiger partial charge < -0.3 is 19.5 Å². The molecule has 0 saturated carbocycles. The van der Waals surface area contributed by atoms with Crippen LogP contribution in [0.25, 0.3) is 0 Å². The molecule has 0 aliphatic carbocycles. The number of hydrogen-bond donors (Lipinski definition) is 1. The molecule has 0 bridgehead atoms. The Labute approximate surface area is 134 Å². The van der Waals surface area contributed by atoms with Gasteiger partial charge in [-0.05, 0) is 30.7 Å². The molecule has 0 saturated heterocycles. The van der Waals surface area contributed by atoms with E-state index in [0.717, 1.165) is 0 Å². The first-order chi connectivity index (χ1) is 10.6. The summed E-state index contributed by atoms with van der Waals surface area (Å²) in [4.78, 5) is 24.8. The van der Waals surface area contributed by atoms with Gasteiger partial charge in [-0.25, -0.2) is 0 Å². The molecule has 0 heterocycles. The van der Waals surface area contributed by atoms with Crippen LogP contribution in [0.3, 0.4) is 0 Å². The van der Waals surface area contributed by atoms with Gasteiger partial charge in [0.2, 0.25) is 0 Å². The molecule has 1 N–H and O–H groups in total. The van der Waals surface area contributed by atoms with E-state index >= 15 is 0 Å². The fraction of sp³-hybridized carbons (Fsp3) is 0.467. The smallest absolute Gasteiger partial charge is 0.307 e. The van der Waals surface area contributed by atoms with Crippen molar-refractivity contribution in [3.63, 3.8) is 0 Å². The number of esters is 1. The third-order valence-electron chi connectivity index (χ3n) is 2.93. The lowest BCUT2D eigenvalue weighted by atomic mass is 10.3. The van der Waals surface area contributed by atoms with Crippen LogP contribution >= 0.6 is 11.6 Å². The van der Waals surface area contributed by atoms with Gasteiger partial charge in [0.25, 0.3) is 5.91 Å². The number of hydrogen-bond acceptors (Lipinski definition) is 5. The number of aliphatic hydroxyl groups is 1. The van der Waals surface area contributed by atoms with E-state index in [0.29, 0.717) is 23.7 Å². The summed E-state index contributed by atoms with van der Waals surface area (Å²) in [5.41, 5.74) is 0. The summed E-state index contributed by atoms with van der Waals surface area (Å²) >= 11 is 5.77. The molecule has 1 aromatic rings. The number of rotatable bonds is 9. The Morgan fingerprint density at radius 3 is 2.50 bits per heavy atom. The van der Waals surface area contributed by atoms with Crippen LogP contribution in [-0.2, 0) is 14.3 Å². The monoisotopic (exact) mass is 329 g/mol. The van der Waals surface area contributed by atoms with E-state index < -0.39 is 0 Å². The first kappa shape index (κ1) is 18.3. The summed E-state index contributed by atoms with van der Waals surface area (Å²) in [6, 6.07) is 6.68. The lowest BCUT2D eigenvalue weighted by molar-refractivity contribution is -0.142. The van der Waals surface area contributed by atoms with Crippen LogP contribution in [0.5, 0.6) is 5.75 Å². The van der Waals surface area contributed by atoms with Crippen molar-refractivity contribution in [2.45, 2.75) is 12.8 Å². The highest BCUT2D eigenvalue weighted by Gasteiger charge is 2.15. The maximum Gasteiger partial charge on any atom is 0.307 e. The highest BCUT2D eigenvalue weighted by atomic mass is 35.5.